The Morgan fingerprint density at radius 3 is 2.64 bits per heavy atom. The highest BCUT2D eigenvalue weighted by atomic mass is 35.5. The summed E-state index contributed by atoms with van der Waals surface area (Å²) in [4.78, 5) is 2.49. The average Bonchev–Trinajstić information content (AvgIpc) is 2.95. The van der Waals surface area contributed by atoms with Gasteiger partial charge in [-0.1, -0.05) is 23.7 Å². The van der Waals surface area contributed by atoms with Crippen LogP contribution >= 0.6 is 22.9 Å². The van der Waals surface area contributed by atoms with E-state index < -0.39 is 20.7 Å². The van der Waals surface area contributed by atoms with Gasteiger partial charge >= 0.3 is 0 Å². The van der Waals surface area contributed by atoms with Gasteiger partial charge in [0.25, 0.3) is 0 Å². The Bertz CT molecular complexity index is 733. The molecular formula is C14H16ClFN2O2S2. The van der Waals surface area contributed by atoms with E-state index in [1.165, 1.54) is 29.5 Å². The van der Waals surface area contributed by atoms with Gasteiger partial charge in [0.05, 0.1) is 11.1 Å². The van der Waals surface area contributed by atoms with Gasteiger partial charge in [-0.2, -0.15) is 0 Å². The number of likely N-dealkylation sites (N-methyl/N-ethyl adjacent to an activating group) is 1. The average molecular weight is 363 g/mol. The van der Waals surface area contributed by atoms with E-state index in [-0.39, 0.29) is 17.6 Å². The first kappa shape index (κ1) is 17.4. The molecule has 0 aliphatic heterocycles. The molecule has 0 aliphatic rings. The molecule has 0 fully saturated rings. The van der Waals surface area contributed by atoms with Gasteiger partial charge in [-0.3, -0.25) is 0 Å². The fourth-order valence-corrected chi connectivity index (χ4v) is 4.27. The predicted molar refractivity (Wildman–Crippen MR) is 87.3 cm³/mol. The molecule has 1 heterocycles. The molecule has 0 saturated carbocycles. The number of hydrogen-bond acceptors (Lipinski definition) is 4. The summed E-state index contributed by atoms with van der Waals surface area (Å²) in [5, 5.41) is 1.71. The Morgan fingerprint density at radius 2 is 2.05 bits per heavy atom. The van der Waals surface area contributed by atoms with Gasteiger partial charge in [0.2, 0.25) is 10.0 Å². The van der Waals surface area contributed by atoms with Crippen molar-refractivity contribution >= 4 is 33.0 Å². The highest BCUT2D eigenvalue weighted by Gasteiger charge is 2.23. The molecule has 0 radical (unpaired) electrons. The van der Waals surface area contributed by atoms with Crippen LogP contribution in [0.25, 0.3) is 0 Å². The van der Waals surface area contributed by atoms with Gasteiger partial charge in [0.15, 0.2) is 5.82 Å². The third-order valence-electron chi connectivity index (χ3n) is 3.17. The lowest BCUT2D eigenvalue weighted by Gasteiger charge is -2.23. The van der Waals surface area contributed by atoms with E-state index >= 15 is 0 Å². The fraction of sp³-hybridized carbons (Fsp3) is 0.286. The van der Waals surface area contributed by atoms with E-state index in [1.54, 1.807) is 0 Å². The Hall–Kier alpha value is -0.990. The summed E-state index contributed by atoms with van der Waals surface area (Å²) in [5.74, 6) is -0.936. The minimum absolute atomic E-state index is 0.128. The molecule has 1 N–H and O–H groups in total. The van der Waals surface area contributed by atoms with Crippen LogP contribution in [-0.2, 0) is 10.0 Å². The largest absolute Gasteiger partial charge is 0.300 e. The first-order chi connectivity index (χ1) is 10.3. The SMILES string of the molecule is CN(C)[C@H](CNS(=O)(=O)c1cccc(Cl)c1F)c1cccs1. The number of halogens is 2. The molecule has 2 aromatic rings. The quantitative estimate of drug-likeness (QED) is 0.858. The monoisotopic (exact) mass is 362 g/mol. The third kappa shape index (κ3) is 3.85. The first-order valence-corrected chi connectivity index (χ1v) is 9.20. The lowest BCUT2D eigenvalue weighted by Crippen LogP contribution is -2.34. The van der Waals surface area contributed by atoms with Crippen molar-refractivity contribution in [3.8, 4) is 0 Å². The Kier molecular flexibility index (Phi) is 5.57. The number of benzene rings is 1. The molecule has 120 valence electrons. The van der Waals surface area contributed by atoms with Crippen LogP contribution in [0.3, 0.4) is 0 Å². The number of rotatable bonds is 6. The van der Waals surface area contributed by atoms with Crippen LogP contribution in [0.1, 0.15) is 10.9 Å². The molecule has 0 bridgehead atoms. The zero-order valence-electron chi connectivity index (χ0n) is 12.1. The molecule has 22 heavy (non-hydrogen) atoms. The van der Waals surface area contributed by atoms with Crippen molar-refractivity contribution < 1.29 is 12.8 Å². The predicted octanol–water partition coefficient (Wildman–Crippen LogP) is 3.12. The second-order valence-electron chi connectivity index (χ2n) is 4.90. The van der Waals surface area contributed by atoms with E-state index in [0.717, 1.165) is 4.88 Å². The van der Waals surface area contributed by atoms with Crippen molar-refractivity contribution in [3.05, 3.63) is 51.4 Å². The van der Waals surface area contributed by atoms with Gasteiger partial charge in [0.1, 0.15) is 4.90 Å². The van der Waals surface area contributed by atoms with Crippen LogP contribution in [-0.4, -0.2) is 34.0 Å². The van der Waals surface area contributed by atoms with E-state index in [4.69, 9.17) is 11.6 Å². The first-order valence-electron chi connectivity index (χ1n) is 6.46. The number of nitrogens with one attached hydrogen (secondary N) is 1. The zero-order valence-corrected chi connectivity index (χ0v) is 14.5. The van der Waals surface area contributed by atoms with Gasteiger partial charge in [-0.25, -0.2) is 17.5 Å². The summed E-state index contributed by atoms with van der Waals surface area (Å²) >= 11 is 7.18. The topological polar surface area (TPSA) is 49.4 Å². The molecule has 0 saturated heterocycles. The van der Waals surface area contributed by atoms with Crippen LogP contribution in [0.5, 0.6) is 0 Å². The molecule has 1 aromatic carbocycles. The molecule has 0 spiro atoms. The summed E-state index contributed by atoms with van der Waals surface area (Å²) in [6.45, 7) is 0.141. The van der Waals surface area contributed by atoms with Crippen molar-refractivity contribution in [2.24, 2.45) is 0 Å². The molecule has 0 aliphatic carbocycles. The van der Waals surface area contributed by atoms with E-state index in [0.29, 0.717) is 0 Å². The molecule has 4 nitrogen and oxygen atoms in total. The maximum atomic E-state index is 13.9. The Balaban J connectivity index is 2.20. The maximum Gasteiger partial charge on any atom is 0.243 e. The molecule has 1 aromatic heterocycles. The third-order valence-corrected chi connectivity index (χ3v) is 5.87. The zero-order chi connectivity index (χ0) is 16.3. The number of hydrogen-bond donors (Lipinski definition) is 1. The lowest BCUT2D eigenvalue weighted by atomic mass is 10.2. The van der Waals surface area contributed by atoms with Crippen LogP contribution in [0, 0.1) is 5.82 Å². The molecule has 8 heteroatoms. The lowest BCUT2D eigenvalue weighted by molar-refractivity contribution is 0.303. The molecular weight excluding hydrogens is 347 g/mol. The highest BCUT2D eigenvalue weighted by molar-refractivity contribution is 7.89. The second kappa shape index (κ2) is 7.06. The maximum absolute atomic E-state index is 13.9. The molecule has 1 atom stereocenters. The van der Waals surface area contributed by atoms with E-state index in [1.807, 2.05) is 36.5 Å². The van der Waals surface area contributed by atoms with Crippen molar-refractivity contribution in [1.29, 1.82) is 0 Å². The summed E-state index contributed by atoms with van der Waals surface area (Å²) in [6, 6.07) is 7.62. The van der Waals surface area contributed by atoms with Crippen molar-refractivity contribution in [1.82, 2.24) is 9.62 Å². The highest BCUT2D eigenvalue weighted by Crippen LogP contribution is 2.25. The van der Waals surface area contributed by atoms with E-state index in [9.17, 15) is 12.8 Å². The van der Waals surface area contributed by atoms with Crippen molar-refractivity contribution in [3.63, 3.8) is 0 Å². The van der Waals surface area contributed by atoms with E-state index in [2.05, 4.69) is 4.72 Å². The Labute approximate surface area is 138 Å². The van der Waals surface area contributed by atoms with Gasteiger partial charge in [0, 0.05) is 11.4 Å². The number of thiophene rings is 1. The van der Waals surface area contributed by atoms with Crippen molar-refractivity contribution in [2.75, 3.05) is 20.6 Å². The second-order valence-corrected chi connectivity index (χ2v) is 8.02. The molecule has 2 rings (SSSR count). The summed E-state index contributed by atoms with van der Waals surface area (Å²) < 4.78 is 40.9. The van der Waals surface area contributed by atoms with Gasteiger partial charge in [-0.05, 0) is 37.7 Å². The molecule has 0 unspecified atom stereocenters. The van der Waals surface area contributed by atoms with Crippen molar-refractivity contribution in [2.45, 2.75) is 10.9 Å². The normalized spacial score (nSPS) is 13.5. The summed E-state index contributed by atoms with van der Waals surface area (Å²) in [5.41, 5.74) is 0. The number of sulfonamides is 1. The van der Waals surface area contributed by atoms with Crippen LogP contribution in [0.15, 0.2) is 40.6 Å². The van der Waals surface area contributed by atoms with Crippen LogP contribution < -0.4 is 4.72 Å². The Morgan fingerprint density at radius 1 is 1.32 bits per heavy atom. The van der Waals surface area contributed by atoms with Crippen LogP contribution in [0.2, 0.25) is 5.02 Å². The molecule has 0 amide bonds. The summed E-state index contributed by atoms with van der Waals surface area (Å²) in [6.07, 6.45) is 0. The number of nitrogens with zero attached hydrogens (tertiary/aromatic N) is 1. The minimum atomic E-state index is -3.96. The standard InChI is InChI=1S/C14H16ClFN2O2S2/c1-18(2)11(12-6-4-8-21-12)9-17-22(19,20)13-7-3-5-10(15)14(13)16/h3-8,11,17H,9H2,1-2H3/t11-/m1/s1. The van der Waals surface area contributed by atoms with Gasteiger partial charge in [-0.15, -0.1) is 11.3 Å². The minimum Gasteiger partial charge on any atom is -0.300 e. The fourth-order valence-electron chi connectivity index (χ4n) is 1.98. The smallest absolute Gasteiger partial charge is 0.243 e. The van der Waals surface area contributed by atoms with Crippen LogP contribution in [0.4, 0.5) is 4.39 Å². The van der Waals surface area contributed by atoms with Gasteiger partial charge < -0.3 is 4.90 Å². The summed E-state index contributed by atoms with van der Waals surface area (Å²) in [7, 11) is -0.245.